The monoisotopic (exact) mass is 804 g/mol. The van der Waals surface area contributed by atoms with Crippen molar-refractivity contribution in [3.63, 3.8) is 0 Å². The fourth-order valence-electron chi connectivity index (χ4n) is 7.64. The molecular weight excluding hydrogens is 767 g/mol. The van der Waals surface area contributed by atoms with Crippen molar-refractivity contribution in [3.8, 4) is 22.6 Å². The normalized spacial score (nSPS) is 19.5. The molecule has 3 N–H and O–H groups in total. The average molecular weight is 805 g/mol. The first kappa shape index (κ1) is 38.7. The van der Waals surface area contributed by atoms with Crippen LogP contribution in [-0.4, -0.2) is 85.3 Å². The minimum absolute atomic E-state index is 0.0128. The van der Waals surface area contributed by atoms with Crippen molar-refractivity contribution in [2.45, 2.75) is 63.7 Å². The first-order chi connectivity index (χ1) is 27.4. The Balaban J connectivity index is 0.818. The first-order valence-corrected chi connectivity index (χ1v) is 18.4. The molecular formula is C39H37F5N10O4. The number of carbonyl (C=O) groups is 3. The van der Waals surface area contributed by atoms with Crippen molar-refractivity contribution in [2.75, 3.05) is 31.1 Å². The number of hydrogen-bond donors (Lipinski definition) is 3. The highest BCUT2D eigenvalue weighted by Gasteiger charge is 2.52. The van der Waals surface area contributed by atoms with Crippen molar-refractivity contribution in [1.29, 1.82) is 0 Å². The topological polar surface area (TPSA) is 175 Å². The molecule has 5 aromatic rings. The van der Waals surface area contributed by atoms with Crippen molar-refractivity contribution in [2.24, 2.45) is 5.41 Å². The van der Waals surface area contributed by atoms with E-state index in [-0.39, 0.29) is 59.4 Å². The van der Waals surface area contributed by atoms with Gasteiger partial charge in [-0.05, 0) is 51.0 Å². The smallest absolute Gasteiger partial charge is 0.370 e. The van der Waals surface area contributed by atoms with E-state index in [1.54, 1.807) is 19.1 Å². The van der Waals surface area contributed by atoms with Crippen LogP contribution in [0.3, 0.4) is 0 Å². The molecule has 302 valence electrons. The Morgan fingerprint density at radius 2 is 1.72 bits per heavy atom. The number of anilines is 1. The zero-order valence-corrected chi connectivity index (χ0v) is 31.5. The summed E-state index contributed by atoms with van der Waals surface area (Å²) in [6.07, 6.45) is -1.31. The number of halogens is 5. The second kappa shape index (κ2) is 14.1. The maximum absolute atomic E-state index is 15.4. The van der Waals surface area contributed by atoms with Crippen molar-refractivity contribution in [1.82, 2.24) is 45.8 Å². The number of imide groups is 1. The Bertz CT molecular complexity index is 2420. The van der Waals surface area contributed by atoms with Gasteiger partial charge in [0.2, 0.25) is 17.6 Å². The number of rotatable bonds is 10. The van der Waals surface area contributed by atoms with Crippen LogP contribution in [0, 0.1) is 17.0 Å². The van der Waals surface area contributed by atoms with Gasteiger partial charge in [-0.25, -0.2) is 23.7 Å². The highest BCUT2D eigenvalue weighted by atomic mass is 19.4. The van der Waals surface area contributed by atoms with E-state index in [0.717, 1.165) is 51.3 Å². The molecule has 0 bridgehead atoms. The van der Waals surface area contributed by atoms with Crippen LogP contribution in [0.25, 0.3) is 22.6 Å². The molecule has 3 aliphatic rings. The molecule has 8 rings (SSSR count). The van der Waals surface area contributed by atoms with Crippen molar-refractivity contribution >= 4 is 23.4 Å². The molecule has 14 nitrogen and oxygen atoms in total. The molecule has 0 aliphatic carbocycles. The Labute approximate surface area is 327 Å². The van der Waals surface area contributed by atoms with E-state index in [1.165, 1.54) is 30.6 Å². The molecule has 1 unspecified atom stereocenters. The second-order valence-corrected chi connectivity index (χ2v) is 16.0. The second-order valence-electron chi connectivity index (χ2n) is 16.0. The van der Waals surface area contributed by atoms with Crippen LogP contribution in [0.15, 0.2) is 59.4 Å². The number of amides is 3. The fraction of sp³-hybridized carbons (Fsp3) is 0.385. The number of alkyl halides is 3. The van der Waals surface area contributed by atoms with Crippen LogP contribution in [0.2, 0.25) is 0 Å². The Morgan fingerprint density at radius 1 is 0.983 bits per heavy atom. The molecule has 3 fully saturated rings. The van der Waals surface area contributed by atoms with Gasteiger partial charge in [0.25, 0.3) is 5.91 Å². The summed E-state index contributed by atoms with van der Waals surface area (Å²) in [7, 11) is 0. The zero-order chi connectivity index (χ0) is 41.2. The number of aromatic nitrogens is 6. The van der Waals surface area contributed by atoms with Crippen LogP contribution in [0.5, 0.6) is 0 Å². The van der Waals surface area contributed by atoms with E-state index >= 15 is 8.78 Å². The van der Waals surface area contributed by atoms with E-state index < -0.39 is 46.3 Å². The van der Waals surface area contributed by atoms with Gasteiger partial charge in [0.15, 0.2) is 17.3 Å². The summed E-state index contributed by atoms with van der Waals surface area (Å²) < 4.78 is 75.7. The molecule has 58 heavy (non-hydrogen) atoms. The molecule has 0 saturated carbocycles. The van der Waals surface area contributed by atoms with E-state index in [1.807, 2.05) is 12.1 Å². The molecule has 6 heterocycles. The van der Waals surface area contributed by atoms with Crippen molar-refractivity contribution < 1.29 is 40.9 Å². The minimum Gasteiger partial charge on any atom is -0.370 e. The third-order valence-electron chi connectivity index (χ3n) is 11.3. The van der Waals surface area contributed by atoms with Crippen LogP contribution in [0.4, 0.5) is 27.6 Å². The summed E-state index contributed by atoms with van der Waals surface area (Å²) >= 11 is 0. The lowest BCUT2D eigenvalue weighted by molar-refractivity contribution is -0.182. The molecule has 2 aromatic carbocycles. The number of nitrogens with zero attached hydrogens (tertiary/aromatic N) is 7. The van der Waals surface area contributed by atoms with Gasteiger partial charge in [-0.15, -0.1) is 0 Å². The molecule has 3 amide bonds. The molecule has 0 radical (unpaired) electrons. The van der Waals surface area contributed by atoms with Gasteiger partial charge < -0.3 is 14.7 Å². The lowest BCUT2D eigenvalue weighted by atomic mass is 9.72. The number of nitrogens with one attached hydrogen (secondary N) is 3. The number of aromatic amines is 1. The minimum atomic E-state index is -4.57. The summed E-state index contributed by atoms with van der Waals surface area (Å²) in [5.74, 6) is -3.00. The lowest BCUT2D eigenvalue weighted by Gasteiger charge is -2.61. The van der Waals surface area contributed by atoms with E-state index in [2.05, 4.69) is 50.7 Å². The number of hydrogen-bond acceptors (Lipinski definition) is 11. The molecule has 3 aromatic heterocycles. The third-order valence-corrected chi connectivity index (χ3v) is 11.3. The van der Waals surface area contributed by atoms with Gasteiger partial charge in [0.1, 0.15) is 22.9 Å². The number of H-pyrrole nitrogens is 1. The predicted molar refractivity (Wildman–Crippen MR) is 196 cm³/mol. The number of carbonyl (C=O) groups excluding carboxylic acids is 3. The summed E-state index contributed by atoms with van der Waals surface area (Å²) in [6.45, 7) is 6.99. The molecule has 1 spiro atoms. The molecule has 19 heteroatoms. The quantitative estimate of drug-likeness (QED) is 0.128. The Morgan fingerprint density at radius 3 is 2.40 bits per heavy atom. The SMILES string of the molecule is CC1(c2ccc(N3CC4(CN(Cc5ccc(-c6cnc(-c7cc(C(=O)NCc8nc(C(C)(C)C(F)(F)F)n[nH]8)on7)nc6)c(F)c5)C4)C3)cc2F)CCC(=O)NC1=O. The Kier molecular flexibility index (Phi) is 9.40. The summed E-state index contributed by atoms with van der Waals surface area (Å²) in [5, 5.41) is 14.6. The number of likely N-dealkylation sites (tertiary alicyclic amines) is 1. The summed E-state index contributed by atoms with van der Waals surface area (Å²) in [5.41, 5.74) is -0.663. The molecule has 3 saturated heterocycles. The first-order valence-electron chi connectivity index (χ1n) is 18.4. The predicted octanol–water partition coefficient (Wildman–Crippen LogP) is 4.98. The largest absolute Gasteiger partial charge is 0.401 e. The van der Waals surface area contributed by atoms with Crippen LogP contribution in [-0.2, 0) is 33.5 Å². The zero-order valence-electron chi connectivity index (χ0n) is 31.5. The van der Waals surface area contributed by atoms with Crippen molar-refractivity contribution in [3.05, 3.63) is 95.0 Å². The third kappa shape index (κ3) is 7.07. The van der Waals surface area contributed by atoms with Crippen LogP contribution in [0.1, 0.15) is 66.9 Å². The number of piperidine rings is 1. The van der Waals surface area contributed by atoms with Gasteiger partial charge in [-0.2, -0.15) is 18.3 Å². The van der Waals surface area contributed by atoms with Gasteiger partial charge in [0.05, 0.1) is 12.0 Å². The van der Waals surface area contributed by atoms with Crippen LogP contribution >= 0.6 is 0 Å². The maximum Gasteiger partial charge on any atom is 0.401 e. The Hall–Kier alpha value is -6.11. The summed E-state index contributed by atoms with van der Waals surface area (Å²) in [4.78, 5) is 53.5. The fourth-order valence-corrected chi connectivity index (χ4v) is 7.64. The van der Waals surface area contributed by atoms with Gasteiger partial charge >= 0.3 is 6.18 Å². The van der Waals surface area contributed by atoms with Gasteiger partial charge in [0, 0.05) is 85.4 Å². The maximum atomic E-state index is 15.4. The van der Waals surface area contributed by atoms with Crippen LogP contribution < -0.4 is 15.5 Å². The number of benzene rings is 2. The molecule has 3 aliphatic heterocycles. The standard InChI is InChI=1S/C39H37F5N10O4/c1-36(2,39(42,43)44)34-48-30(50-51-34)15-47-33(56)29-12-28(52-58-29)32-45-13-22(14-46-32)24-6-4-21(10-26(24)40)16-53-17-38(18-53)19-54(20-38)23-5-7-25(27(41)11-23)37(3)9-8-31(55)49-35(37)57/h4-7,10-14H,8-9,15-20H2,1-3H3,(H,47,56)(H,48,50,51)(H,49,55,57). The molecule has 1 atom stereocenters. The lowest BCUT2D eigenvalue weighted by Crippen LogP contribution is -2.72. The van der Waals surface area contributed by atoms with E-state index in [4.69, 9.17) is 4.52 Å². The van der Waals surface area contributed by atoms with Gasteiger partial charge in [-0.1, -0.05) is 23.4 Å². The van der Waals surface area contributed by atoms with E-state index in [0.29, 0.717) is 17.7 Å². The average Bonchev–Trinajstić information content (AvgIpc) is 3.84. The highest BCUT2D eigenvalue weighted by molar-refractivity contribution is 6.03. The van der Waals surface area contributed by atoms with E-state index in [9.17, 15) is 27.6 Å². The highest BCUT2D eigenvalue weighted by Crippen LogP contribution is 2.44. The summed E-state index contributed by atoms with van der Waals surface area (Å²) in [6, 6.07) is 11.2. The van der Waals surface area contributed by atoms with Gasteiger partial charge in [-0.3, -0.25) is 29.7 Å².